The van der Waals surface area contributed by atoms with Gasteiger partial charge < -0.3 is 13.7 Å². The molecule has 2 bridgehead atoms. The molecule has 3 aromatic carbocycles. The van der Waals surface area contributed by atoms with Crippen LogP contribution in [0.25, 0.3) is 11.5 Å². The first-order valence-electron chi connectivity index (χ1n) is 13.4. The van der Waals surface area contributed by atoms with Crippen molar-refractivity contribution in [2.24, 2.45) is 5.92 Å². The summed E-state index contributed by atoms with van der Waals surface area (Å²) in [4.78, 5) is 18.3. The van der Waals surface area contributed by atoms with E-state index in [-0.39, 0.29) is 12.1 Å². The van der Waals surface area contributed by atoms with Crippen LogP contribution in [-0.4, -0.2) is 46.3 Å². The van der Waals surface area contributed by atoms with E-state index >= 15 is 0 Å². The summed E-state index contributed by atoms with van der Waals surface area (Å²) in [6.45, 7) is 4.15. The number of carbonyl (C=O) groups is 1. The predicted octanol–water partition coefficient (Wildman–Crippen LogP) is 4.92. The zero-order valence-corrected chi connectivity index (χ0v) is 21.4. The average Bonchev–Trinajstić information content (AvgIpc) is 3.43. The van der Waals surface area contributed by atoms with E-state index in [0.29, 0.717) is 30.7 Å². The Morgan fingerprint density at radius 1 is 0.947 bits per heavy atom. The molecule has 0 aliphatic carbocycles. The summed E-state index contributed by atoms with van der Waals surface area (Å²) < 4.78 is 12.7. The fourth-order valence-electron chi connectivity index (χ4n) is 5.91. The number of piperidine rings is 3. The molecule has 2 atom stereocenters. The first kappa shape index (κ1) is 24.5. The molecule has 1 unspecified atom stereocenters. The number of hydrogen-bond donors (Lipinski definition) is 1. The number of aromatic nitrogens is 2. The van der Waals surface area contributed by atoms with Gasteiger partial charge in [-0.15, -0.1) is 0 Å². The molecular weight excluding hydrogens is 476 g/mol. The molecule has 38 heavy (non-hydrogen) atoms. The lowest BCUT2D eigenvalue weighted by Gasteiger charge is -2.51. The van der Waals surface area contributed by atoms with Gasteiger partial charge >= 0.3 is 5.97 Å². The molecule has 1 N–H and O–H groups in total. The van der Waals surface area contributed by atoms with Crippen LogP contribution in [0.3, 0.4) is 0 Å². The minimum atomic E-state index is -0.522. The lowest BCUT2D eigenvalue weighted by atomic mass is 9.83. The summed E-state index contributed by atoms with van der Waals surface area (Å²) in [5.74, 6) is 1.44. The Kier molecular flexibility index (Phi) is 7.03. The first-order valence-corrected chi connectivity index (χ1v) is 13.4. The average molecular weight is 510 g/mol. The van der Waals surface area contributed by atoms with Crippen LogP contribution in [0.1, 0.15) is 35.8 Å². The van der Waals surface area contributed by atoms with Gasteiger partial charge in [-0.3, -0.25) is 5.32 Å². The van der Waals surface area contributed by atoms with Crippen molar-refractivity contribution in [1.82, 2.24) is 15.5 Å². The summed E-state index contributed by atoms with van der Waals surface area (Å²) in [6, 6.07) is 29.3. The number of fused-ring (bicyclic) bond motifs is 3. The Labute approximate surface area is 223 Å². The highest BCUT2D eigenvalue weighted by Crippen LogP contribution is 2.37. The molecule has 3 aliphatic rings. The molecule has 0 spiro atoms. The first-order chi connectivity index (χ1) is 18.7. The molecule has 1 aromatic heterocycles. The van der Waals surface area contributed by atoms with Crippen LogP contribution >= 0.6 is 0 Å². The quantitative estimate of drug-likeness (QED) is 0.255. The number of nitrogens with zero attached hydrogens (tertiary/aromatic N) is 3. The second-order valence-corrected chi connectivity index (χ2v) is 10.5. The van der Waals surface area contributed by atoms with Gasteiger partial charge in [-0.05, 0) is 23.3 Å². The molecule has 4 heterocycles. The third-order valence-electron chi connectivity index (χ3n) is 8.00. The van der Waals surface area contributed by atoms with Gasteiger partial charge in [-0.25, -0.2) is 4.79 Å². The highest BCUT2D eigenvalue weighted by molar-refractivity contribution is 5.78. The minimum absolute atomic E-state index is 0.116. The Hall–Kier alpha value is -3.81. The predicted molar refractivity (Wildman–Crippen MR) is 143 cm³/mol. The van der Waals surface area contributed by atoms with Crippen LogP contribution in [-0.2, 0) is 22.6 Å². The smallest absolute Gasteiger partial charge is 0.328 e. The summed E-state index contributed by atoms with van der Waals surface area (Å²) in [7, 11) is 0. The van der Waals surface area contributed by atoms with E-state index in [1.807, 2.05) is 78.9 Å². The molecular formula is C31H33N4O3+. The van der Waals surface area contributed by atoms with E-state index in [0.717, 1.165) is 53.6 Å². The van der Waals surface area contributed by atoms with Gasteiger partial charge in [0.05, 0.1) is 13.1 Å². The van der Waals surface area contributed by atoms with E-state index in [2.05, 4.69) is 27.6 Å². The van der Waals surface area contributed by atoms with Gasteiger partial charge in [0.15, 0.2) is 6.10 Å². The lowest BCUT2D eigenvalue weighted by molar-refractivity contribution is -0.958. The van der Waals surface area contributed by atoms with Crippen molar-refractivity contribution in [3.63, 3.8) is 0 Å². The van der Waals surface area contributed by atoms with Crippen LogP contribution < -0.4 is 5.32 Å². The van der Waals surface area contributed by atoms with Crippen molar-refractivity contribution in [3.05, 3.63) is 108 Å². The van der Waals surface area contributed by atoms with Crippen molar-refractivity contribution in [2.75, 3.05) is 19.6 Å². The second-order valence-electron chi connectivity index (χ2n) is 10.5. The number of nitrogens with one attached hydrogen (secondary N) is 1. The van der Waals surface area contributed by atoms with Crippen molar-refractivity contribution in [2.45, 2.75) is 38.1 Å². The molecule has 3 aliphatic heterocycles. The van der Waals surface area contributed by atoms with Crippen molar-refractivity contribution >= 4 is 5.97 Å². The Morgan fingerprint density at radius 3 is 2.32 bits per heavy atom. The molecule has 3 saturated heterocycles. The zero-order chi connectivity index (χ0) is 25.8. The van der Waals surface area contributed by atoms with E-state index in [9.17, 15) is 4.79 Å². The SMILES string of the molecule is O=C(O[C@H]1C[N+]2(Cc3noc(-c4ccccc4)n3)CCC1CC2)C(NCc1ccccc1)c1ccccc1. The maximum Gasteiger partial charge on any atom is 0.328 e. The van der Waals surface area contributed by atoms with Gasteiger partial charge in [0, 0.05) is 30.9 Å². The highest BCUT2D eigenvalue weighted by Gasteiger charge is 2.48. The molecule has 3 fully saturated rings. The zero-order valence-electron chi connectivity index (χ0n) is 21.4. The highest BCUT2D eigenvalue weighted by atomic mass is 16.5. The molecule has 0 saturated carbocycles. The Balaban J connectivity index is 1.15. The normalized spacial score (nSPS) is 23.2. The molecule has 7 rings (SSSR count). The number of carbonyl (C=O) groups excluding carboxylic acids is 1. The molecule has 7 nitrogen and oxygen atoms in total. The third-order valence-corrected chi connectivity index (χ3v) is 8.00. The van der Waals surface area contributed by atoms with Gasteiger partial charge in [0.25, 0.3) is 5.89 Å². The summed E-state index contributed by atoms with van der Waals surface area (Å²) in [5.41, 5.74) is 2.97. The number of hydrogen-bond acceptors (Lipinski definition) is 6. The number of benzene rings is 3. The largest absolute Gasteiger partial charge is 0.455 e. The second kappa shape index (κ2) is 10.9. The van der Waals surface area contributed by atoms with Crippen LogP contribution in [0, 0.1) is 5.92 Å². The fraction of sp³-hybridized carbons (Fsp3) is 0.323. The lowest BCUT2D eigenvalue weighted by Crippen LogP contribution is -2.64. The number of esters is 1. The van der Waals surface area contributed by atoms with E-state index in [1.54, 1.807) is 0 Å². The van der Waals surface area contributed by atoms with Crippen LogP contribution in [0.2, 0.25) is 0 Å². The molecule has 7 heteroatoms. The van der Waals surface area contributed by atoms with Crippen molar-refractivity contribution in [1.29, 1.82) is 0 Å². The van der Waals surface area contributed by atoms with E-state index < -0.39 is 6.04 Å². The fourth-order valence-corrected chi connectivity index (χ4v) is 5.91. The molecule has 0 radical (unpaired) electrons. The van der Waals surface area contributed by atoms with Gasteiger partial charge in [-0.2, -0.15) is 4.98 Å². The van der Waals surface area contributed by atoms with E-state index in [1.165, 1.54) is 0 Å². The maximum absolute atomic E-state index is 13.6. The van der Waals surface area contributed by atoms with Gasteiger partial charge in [0.2, 0.25) is 5.82 Å². The third kappa shape index (κ3) is 5.39. The molecule has 4 aromatic rings. The Morgan fingerprint density at radius 2 is 1.61 bits per heavy atom. The standard InChI is InChI=1S/C31H33N4O3/c36-31(29(25-12-6-2-7-13-25)32-20-23-10-4-1-5-11-23)37-27-21-35(18-16-24(27)17-19-35)22-28-33-30(38-34-28)26-14-8-3-9-15-26/h1-15,24,27,29,32H,16-22H2/q+1/t24?,27-,29?,35?/m0/s1. The summed E-state index contributed by atoms with van der Waals surface area (Å²) in [6.07, 6.45) is 1.96. The molecule has 0 amide bonds. The van der Waals surface area contributed by atoms with Crippen LogP contribution in [0.15, 0.2) is 95.5 Å². The number of quaternary nitrogens is 1. The van der Waals surface area contributed by atoms with Crippen molar-refractivity contribution in [3.8, 4) is 11.5 Å². The van der Waals surface area contributed by atoms with E-state index in [4.69, 9.17) is 9.26 Å². The van der Waals surface area contributed by atoms with Gasteiger partial charge in [-0.1, -0.05) is 84.0 Å². The number of ether oxygens (including phenoxy) is 1. The monoisotopic (exact) mass is 509 g/mol. The number of rotatable bonds is 9. The Bertz CT molecular complexity index is 1340. The van der Waals surface area contributed by atoms with Crippen molar-refractivity contribution < 1.29 is 18.5 Å². The molecule has 194 valence electrons. The topological polar surface area (TPSA) is 77.2 Å². The minimum Gasteiger partial charge on any atom is -0.455 e. The van der Waals surface area contributed by atoms with Crippen LogP contribution in [0.5, 0.6) is 0 Å². The van der Waals surface area contributed by atoms with Gasteiger partial charge in [0.1, 0.15) is 19.1 Å². The maximum atomic E-state index is 13.6. The summed E-state index contributed by atoms with van der Waals surface area (Å²) in [5, 5.41) is 7.73. The van der Waals surface area contributed by atoms with Crippen LogP contribution in [0.4, 0.5) is 0 Å². The summed E-state index contributed by atoms with van der Waals surface area (Å²) >= 11 is 0.